The normalized spacial score (nSPS) is 12.1. The van der Waals surface area contributed by atoms with E-state index in [0.717, 1.165) is 23.0 Å². The molecule has 86 valence electrons. The van der Waals surface area contributed by atoms with Crippen molar-refractivity contribution in [1.82, 2.24) is 0 Å². The molecule has 2 aromatic carbocycles. The van der Waals surface area contributed by atoms with Gasteiger partial charge in [-0.15, -0.1) is 0 Å². The third-order valence-electron chi connectivity index (χ3n) is 2.52. The minimum absolute atomic E-state index is 0.347. The van der Waals surface area contributed by atoms with E-state index in [-0.39, 0.29) is 4.83 Å². The molecule has 0 aliphatic heterocycles. The van der Waals surface area contributed by atoms with Crippen molar-refractivity contribution in [3.8, 4) is 11.1 Å². The Morgan fingerprint density at radius 2 is 1.76 bits per heavy atom. The second-order valence-electron chi connectivity index (χ2n) is 3.64. The molecule has 0 saturated heterocycles. The summed E-state index contributed by atoms with van der Waals surface area (Å²) in [6, 6.07) is 15.7. The molecule has 0 fully saturated rings. The van der Waals surface area contributed by atoms with Crippen LogP contribution in [-0.4, -0.2) is 6.29 Å². The Hall–Kier alpha value is -1.12. The molecule has 1 unspecified atom stereocenters. The number of carbonyl (C=O) groups is 1. The maximum atomic E-state index is 10.7. The highest BCUT2D eigenvalue weighted by molar-refractivity contribution is 9.09. The molecule has 3 heteroatoms. The zero-order valence-electron chi connectivity index (χ0n) is 8.94. The molecule has 0 N–H and O–H groups in total. The first-order chi connectivity index (χ1) is 8.22. The number of rotatable bonds is 3. The van der Waals surface area contributed by atoms with Gasteiger partial charge in [0.25, 0.3) is 0 Å². The van der Waals surface area contributed by atoms with Crippen molar-refractivity contribution < 1.29 is 4.79 Å². The van der Waals surface area contributed by atoms with Gasteiger partial charge in [-0.1, -0.05) is 70.0 Å². The Balaban J connectivity index is 2.41. The first kappa shape index (κ1) is 12.3. The smallest absolute Gasteiger partial charge is 0.138 e. The van der Waals surface area contributed by atoms with Crippen molar-refractivity contribution in [2.75, 3.05) is 0 Å². The molecule has 0 aromatic heterocycles. The molecule has 2 aromatic rings. The molecule has 0 spiro atoms. The second-order valence-corrected chi connectivity index (χ2v) is 5.03. The SMILES string of the molecule is O=CC(Br)c1ccc(-c2ccccc2)cc1Cl. The maximum absolute atomic E-state index is 10.7. The molecule has 0 radical (unpaired) electrons. The van der Waals surface area contributed by atoms with Crippen LogP contribution < -0.4 is 0 Å². The zero-order valence-corrected chi connectivity index (χ0v) is 11.3. The van der Waals surface area contributed by atoms with Crippen molar-refractivity contribution in [1.29, 1.82) is 0 Å². The van der Waals surface area contributed by atoms with E-state index in [1.54, 1.807) is 0 Å². The Morgan fingerprint density at radius 3 is 2.35 bits per heavy atom. The van der Waals surface area contributed by atoms with E-state index in [9.17, 15) is 4.79 Å². The molecule has 0 bridgehead atoms. The summed E-state index contributed by atoms with van der Waals surface area (Å²) in [6.45, 7) is 0. The van der Waals surface area contributed by atoms with Gasteiger partial charge < -0.3 is 4.79 Å². The number of hydrogen-bond acceptors (Lipinski definition) is 1. The van der Waals surface area contributed by atoms with Gasteiger partial charge in [-0.2, -0.15) is 0 Å². The molecule has 0 aliphatic rings. The Labute approximate surface area is 114 Å². The van der Waals surface area contributed by atoms with E-state index in [1.165, 1.54) is 0 Å². The van der Waals surface area contributed by atoms with Crippen molar-refractivity contribution in [3.05, 3.63) is 59.1 Å². The number of alkyl halides is 1. The van der Waals surface area contributed by atoms with Gasteiger partial charge in [0.1, 0.15) is 6.29 Å². The fourth-order valence-electron chi connectivity index (χ4n) is 1.63. The topological polar surface area (TPSA) is 17.1 Å². The minimum atomic E-state index is -0.347. The molecule has 1 atom stereocenters. The maximum Gasteiger partial charge on any atom is 0.138 e. The van der Waals surface area contributed by atoms with Gasteiger partial charge >= 0.3 is 0 Å². The monoisotopic (exact) mass is 308 g/mol. The summed E-state index contributed by atoms with van der Waals surface area (Å²) in [6.07, 6.45) is 0.823. The predicted octanol–water partition coefficient (Wildman–Crippen LogP) is 4.64. The number of halogens is 2. The van der Waals surface area contributed by atoms with Crippen LogP contribution in [0.1, 0.15) is 10.4 Å². The van der Waals surface area contributed by atoms with Crippen LogP contribution in [-0.2, 0) is 4.79 Å². The number of benzene rings is 2. The van der Waals surface area contributed by atoms with Crippen LogP contribution in [0.2, 0.25) is 5.02 Å². The number of carbonyl (C=O) groups excluding carboxylic acids is 1. The predicted molar refractivity (Wildman–Crippen MR) is 74.6 cm³/mol. The van der Waals surface area contributed by atoms with Gasteiger partial charge in [-0.3, -0.25) is 0 Å². The second kappa shape index (κ2) is 5.48. The lowest BCUT2D eigenvalue weighted by Crippen LogP contribution is -1.92. The van der Waals surface area contributed by atoms with Crippen LogP contribution in [0.15, 0.2) is 48.5 Å². The molecule has 0 saturated carbocycles. The Bertz CT molecular complexity index is 525. The van der Waals surface area contributed by atoms with Gasteiger partial charge in [0.15, 0.2) is 0 Å². The number of hydrogen-bond donors (Lipinski definition) is 0. The standard InChI is InChI=1S/C14H10BrClO/c15-13(9-17)12-7-6-11(8-14(12)16)10-4-2-1-3-5-10/h1-9,13H. The summed E-state index contributed by atoms with van der Waals surface area (Å²) in [5.74, 6) is 0. The summed E-state index contributed by atoms with van der Waals surface area (Å²) in [4.78, 5) is 10.4. The minimum Gasteiger partial charge on any atom is -0.302 e. The Kier molecular flexibility index (Phi) is 3.97. The van der Waals surface area contributed by atoms with Crippen molar-refractivity contribution in [3.63, 3.8) is 0 Å². The molecule has 1 nitrogen and oxygen atoms in total. The first-order valence-corrected chi connectivity index (χ1v) is 6.46. The third kappa shape index (κ3) is 2.76. The summed E-state index contributed by atoms with van der Waals surface area (Å²) in [5.41, 5.74) is 2.95. The van der Waals surface area contributed by atoms with Gasteiger partial charge in [-0.05, 0) is 22.8 Å². The van der Waals surface area contributed by atoms with Gasteiger partial charge in [0.2, 0.25) is 0 Å². The summed E-state index contributed by atoms with van der Waals surface area (Å²) in [5, 5.41) is 0.598. The molecule has 0 heterocycles. The molecular weight excluding hydrogens is 300 g/mol. The number of aldehydes is 1. The van der Waals surface area contributed by atoms with Gasteiger partial charge in [-0.25, -0.2) is 0 Å². The molecule has 17 heavy (non-hydrogen) atoms. The molecular formula is C14H10BrClO. The molecule has 0 aliphatic carbocycles. The fraction of sp³-hybridized carbons (Fsp3) is 0.0714. The summed E-state index contributed by atoms with van der Waals surface area (Å²) in [7, 11) is 0. The molecule has 0 amide bonds. The quantitative estimate of drug-likeness (QED) is 0.596. The van der Waals surface area contributed by atoms with Crippen LogP contribution in [0.3, 0.4) is 0 Å². The van der Waals surface area contributed by atoms with E-state index in [0.29, 0.717) is 5.02 Å². The zero-order chi connectivity index (χ0) is 12.3. The van der Waals surface area contributed by atoms with Crippen LogP contribution in [0.25, 0.3) is 11.1 Å². The lowest BCUT2D eigenvalue weighted by Gasteiger charge is -2.08. The first-order valence-electron chi connectivity index (χ1n) is 5.16. The Morgan fingerprint density at radius 1 is 1.06 bits per heavy atom. The lowest BCUT2D eigenvalue weighted by atomic mass is 10.0. The van der Waals surface area contributed by atoms with Crippen molar-refractivity contribution in [2.45, 2.75) is 4.83 Å². The highest BCUT2D eigenvalue weighted by Gasteiger charge is 2.10. The highest BCUT2D eigenvalue weighted by Crippen LogP contribution is 2.31. The van der Waals surface area contributed by atoms with E-state index < -0.39 is 0 Å². The summed E-state index contributed by atoms with van der Waals surface area (Å²) >= 11 is 9.43. The van der Waals surface area contributed by atoms with E-state index >= 15 is 0 Å². The fourth-order valence-corrected chi connectivity index (χ4v) is 2.46. The van der Waals surface area contributed by atoms with Crippen molar-refractivity contribution in [2.24, 2.45) is 0 Å². The van der Waals surface area contributed by atoms with Crippen molar-refractivity contribution >= 4 is 33.8 Å². The summed E-state index contributed by atoms with van der Waals surface area (Å²) < 4.78 is 0. The van der Waals surface area contributed by atoms with Crippen LogP contribution >= 0.6 is 27.5 Å². The molecule has 2 rings (SSSR count). The van der Waals surface area contributed by atoms with Crippen LogP contribution in [0.4, 0.5) is 0 Å². The van der Waals surface area contributed by atoms with Gasteiger partial charge in [0, 0.05) is 5.02 Å². The average molecular weight is 310 g/mol. The van der Waals surface area contributed by atoms with E-state index in [2.05, 4.69) is 15.9 Å². The van der Waals surface area contributed by atoms with Crippen LogP contribution in [0.5, 0.6) is 0 Å². The highest BCUT2D eigenvalue weighted by atomic mass is 79.9. The van der Waals surface area contributed by atoms with E-state index in [4.69, 9.17) is 11.6 Å². The van der Waals surface area contributed by atoms with Crippen LogP contribution in [0, 0.1) is 0 Å². The lowest BCUT2D eigenvalue weighted by molar-refractivity contribution is -0.107. The third-order valence-corrected chi connectivity index (χ3v) is 3.56. The average Bonchev–Trinajstić information content (AvgIpc) is 2.39. The van der Waals surface area contributed by atoms with Gasteiger partial charge in [0.05, 0.1) is 4.83 Å². The largest absolute Gasteiger partial charge is 0.302 e. The van der Waals surface area contributed by atoms with E-state index in [1.807, 2.05) is 48.5 Å².